The molecule has 124 valence electrons. The molecule has 0 fully saturated rings. The summed E-state index contributed by atoms with van der Waals surface area (Å²) in [4.78, 5) is 12.2. The van der Waals surface area contributed by atoms with Crippen molar-refractivity contribution in [2.24, 2.45) is 0 Å². The minimum Gasteiger partial charge on any atom is -0.493 e. The second-order valence-electron chi connectivity index (χ2n) is 5.66. The molecule has 2 aromatic carbocycles. The van der Waals surface area contributed by atoms with Crippen LogP contribution in [0.1, 0.15) is 22.7 Å². The predicted octanol–water partition coefficient (Wildman–Crippen LogP) is 2.19. The number of benzene rings is 2. The minimum absolute atomic E-state index is 0.0302. The van der Waals surface area contributed by atoms with Crippen molar-refractivity contribution in [1.82, 2.24) is 5.32 Å². The summed E-state index contributed by atoms with van der Waals surface area (Å²) in [5.41, 5.74) is 2.74. The van der Waals surface area contributed by atoms with E-state index in [0.717, 1.165) is 16.7 Å². The molecule has 2 heterocycles. The molecule has 0 radical (unpaired) electrons. The number of methoxy groups -OCH3 is 2. The summed E-state index contributed by atoms with van der Waals surface area (Å²) in [7, 11) is 3.20. The first-order valence-corrected chi connectivity index (χ1v) is 7.64. The first-order valence-electron chi connectivity index (χ1n) is 7.64. The van der Waals surface area contributed by atoms with E-state index in [2.05, 4.69) is 5.32 Å². The second kappa shape index (κ2) is 5.63. The summed E-state index contributed by atoms with van der Waals surface area (Å²) in [6.45, 7) is 0.212. The molecular formula is C18H17NO5. The van der Waals surface area contributed by atoms with Gasteiger partial charge in [-0.05, 0) is 29.3 Å². The lowest BCUT2D eigenvalue weighted by atomic mass is 9.88. The van der Waals surface area contributed by atoms with Crippen LogP contribution in [-0.4, -0.2) is 26.9 Å². The summed E-state index contributed by atoms with van der Waals surface area (Å²) in [6.07, 6.45) is 0.316. The zero-order chi connectivity index (χ0) is 16.7. The van der Waals surface area contributed by atoms with E-state index >= 15 is 0 Å². The van der Waals surface area contributed by atoms with Gasteiger partial charge in [-0.15, -0.1) is 0 Å². The lowest BCUT2D eigenvalue weighted by Crippen LogP contribution is -2.36. The Morgan fingerprint density at radius 2 is 1.92 bits per heavy atom. The van der Waals surface area contributed by atoms with Gasteiger partial charge in [0.05, 0.1) is 26.7 Å². The highest BCUT2D eigenvalue weighted by Crippen LogP contribution is 2.43. The maximum atomic E-state index is 12.2. The lowest BCUT2D eigenvalue weighted by molar-refractivity contribution is -0.121. The Kier molecular flexibility index (Phi) is 3.45. The van der Waals surface area contributed by atoms with Crippen molar-refractivity contribution in [1.29, 1.82) is 0 Å². The van der Waals surface area contributed by atoms with Gasteiger partial charge in [-0.2, -0.15) is 0 Å². The lowest BCUT2D eigenvalue weighted by Gasteiger charge is -2.29. The largest absolute Gasteiger partial charge is 0.493 e. The minimum atomic E-state index is -0.333. The highest BCUT2D eigenvalue weighted by atomic mass is 16.7. The Labute approximate surface area is 139 Å². The third-order valence-electron chi connectivity index (χ3n) is 4.35. The smallest absolute Gasteiger partial charge is 0.231 e. The van der Waals surface area contributed by atoms with Crippen molar-refractivity contribution in [3.05, 3.63) is 47.0 Å². The number of rotatable bonds is 3. The van der Waals surface area contributed by atoms with Crippen molar-refractivity contribution in [2.75, 3.05) is 21.0 Å². The van der Waals surface area contributed by atoms with E-state index in [1.807, 2.05) is 30.3 Å². The second-order valence-corrected chi connectivity index (χ2v) is 5.66. The quantitative estimate of drug-likeness (QED) is 0.936. The third kappa shape index (κ3) is 2.22. The van der Waals surface area contributed by atoms with Crippen molar-refractivity contribution in [3.63, 3.8) is 0 Å². The molecule has 0 saturated heterocycles. The van der Waals surface area contributed by atoms with Gasteiger partial charge < -0.3 is 24.3 Å². The van der Waals surface area contributed by atoms with Crippen LogP contribution in [0.3, 0.4) is 0 Å². The molecule has 6 nitrogen and oxygen atoms in total. The van der Waals surface area contributed by atoms with E-state index in [9.17, 15) is 4.79 Å². The molecule has 2 aliphatic heterocycles. The molecule has 0 spiro atoms. The molecule has 1 atom stereocenters. The van der Waals surface area contributed by atoms with Crippen LogP contribution in [0.25, 0.3) is 0 Å². The van der Waals surface area contributed by atoms with Crippen LogP contribution < -0.4 is 24.3 Å². The Morgan fingerprint density at radius 1 is 1.08 bits per heavy atom. The third-order valence-corrected chi connectivity index (χ3v) is 4.35. The fourth-order valence-corrected chi connectivity index (χ4v) is 3.26. The monoisotopic (exact) mass is 327 g/mol. The van der Waals surface area contributed by atoms with Gasteiger partial charge in [0.15, 0.2) is 23.0 Å². The average Bonchev–Trinajstić information content (AvgIpc) is 3.07. The van der Waals surface area contributed by atoms with Gasteiger partial charge >= 0.3 is 0 Å². The van der Waals surface area contributed by atoms with Crippen molar-refractivity contribution in [3.8, 4) is 23.0 Å². The summed E-state index contributed by atoms with van der Waals surface area (Å²) < 4.78 is 21.8. The van der Waals surface area contributed by atoms with Crippen LogP contribution in [-0.2, 0) is 11.2 Å². The van der Waals surface area contributed by atoms with Crippen LogP contribution in [0.15, 0.2) is 30.3 Å². The molecule has 2 aromatic rings. The van der Waals surface area contributed by atoms with E-state index in [0.29, 0.717) is 29.4 Å². The van der Waals surface area contributed by atoms with Gasteiger partial charge in [0.2, 0.25) is 12.7 Å². The zero-order valence-electron chi connectivity index (χ0n) is 13.4. The molecule has 0 aromatic heterocycles. The number of hydrogen-bond donors (Lipinski definition) is 1. The predicted molar refractivity (Wildman–Crippen MR) is 85.8 cm³/mol. The van der Waals surface area contributed by atoms with Gasteiger partial charge in [0.1, 0.15) is 0 Å². The SMILES string of the molecule is COc1ccc2c(c1OC)C(c1ccc3c(c1)OCO3)NC(=O)C2. The topological polar surface area (TPSA) is 66.0 Å². The van der Waals surface area contributed by atoms with Gasteiger partial charge in [-0.25, -0.2) is 0 Å². The molecular weight excluding hydrogens is 310 g/mol. The number of ether oxygens (including phenoxy) is 4. The van der Waals surface area contributed by atoms with E-state index < -0.39 is 0 Å². The first-order chi connectivity index (χ1) is 11.7. The Balaban J connectivity index is 1.87. The Morgan fingerprint density at radius 3 is 2.71 bits per heavy atom. The Bertz CT molecular complexity index is 817. The zero-order valence-corrected chi connectivity index (χ0v) is 13.4. The molecule has 0 bridgehead atoms. The van der Waals surface area contributed by atoms with E-state index in [-0.39, 0.29) is 18.7 Å². The molecule has 1 N–H and O–H groups in total. The van der Waals surface area contributed by atoms with Crippen LogP contribution in [0.2, 0.25) is 0 Å². The van der Waals surface area contributed by atoms with E-state index in [4.69, 9.17) is 18.9 Å². The molecule has 1 unspecified atom stereocenters. The summed E-state index contributed by atoms with van der Waals surface area (Å²) >= 11 is 0. The van der Waals surface area contributed by atoms with Gasteiger partial charge in [-0.3, -0.25) is 4.79 Å². The average molecular weight is 327 g/mol. The number of hydrogen-bond acceptors (Lipinski definition) is 5. The highest BCUT2D eigenvalue weighted by Gasteiger charge is 2.31. The number of carbonyl (C=O) groups is 1. The van der Waals surface area contributed by atoms with Gasteiger partial charge in [0, 0.05) is 5.56 Å². The fraction of sp³-hybridized carbons (Fsp3) is 0.278. The van der Waals surface area contributed by atoms with E-state index in [1.54, 1.807) is 14.2 Å². The molecule has 1 amide bonds. The molecule has 24 heavy (non-hydrogen) atoms. The van der Waals surface area contributed by atoms with Gasteiger partial charge in [-0.1, -0.05) is 12.1 Å². The molecule has 2 aliphatic rings. The van der Waals surface area contributed by atoms with Crippen molar-refractivity contribution in [2.45, 2.75) is 12.5 Å². The number of nitrogens with one attached hydrogen (secondary N) is 1. The van der Waals surface area contributed by atoms with Crippen LogP contribution >= 0.6 is 0 Å². The summed E-state index contributed by atoms with van der Waals surface area (Å²) in [5.74, 6) is 2.63. The van der Waals surface area contributed by atoms with Gasteiger partial charge in [0.25, 0.3) is 0 Å². The summed E-state index contributed by atoms with van der Waals surface area (Å²) in [6, 6.07) is 9.07. The molecule has 4 rings (SSSR count). The normalized spacial score (nSPS) is 17.9. The molecule has 0 aliphatic carbocycles. The number of carbonyl (C=O) groups excluding carboxylic acids is 1. The van der Waals surface area contributed by atoms with E-state index in [1.165, 1.54) is 0 Å². The fourth-order valence-electron chi connectivity index (χ4n) is 3.26. The molecule has 6 heteroatoms. The number of amides is 1. The standard InChI is InChI=1S/C18H17NO5/c1-21-13-6-3-10-8-15(20)19-17(16(10)18(13)22-2)11-4-5-12-14(7-11)24-9-23-12/h3-7,17H,8-9H2,1-2H3,(H,19,20). The van der Waals surface area contributed by atoms with Crippen LogP contribution in [0.4, 0.5) is 0 Å². The number of fused-ring (bicyclic) bond motifs is 2. The molecule has 0 saturated carbocycles. The van der Waals surface area contributed by atoms with Crippen LogP contribution in [0, 0.1) is 0 Å². The Hall–Kier alpha value is -2.89. The maximum Gasteiger partial charge on any atom is 0.231 e. The maximum absolute atomic E-state index is 12.2. The van der Waals surface area contributed by atoms with Crippen molar-refractivity contribution < 1.29 is 23.7 Å². The first kappa shape index (κ1) is 14.7. The summed E-state index contributed by atoms with van der Waals surface area (Å²) in [5, 5.41) is 3.04. The van der Waals surface area contributed by atoms with Crippen molar-refractivity contribution >= 4 is 5.91 Å². The van der Waals surface area contributed by atoms with Crippen LogP contribution in [0.5, 0.6) is 23.0 Å². The highest BCUT2D eigenvalue weighted by molar-refractivity contribution is 5.83.